The molecule has 0 saturated heterocycles. The first-order chi connectivity index (χ1) is 9.74. The highest BCUT2D eigenvalue weighted by Gasteiger charge is 2.16. The smallest absolute Gasteiger partial charge is 0.230 e. The average molecular weight is 308 g/mol. The van der Waals surface area contributed by atoms with Gasteiger partial charge in [0.05, 0.1) is 12.3 Å². The second-order valence-corrected chi connectivity index (χ2v) is 6.53. The van der Waals surface area contributed by atoms with Crippen molar-refractivity contribution >= 4 is 29.3 Å². The minimum atomic E-state index is 0.0716. The maximum Gasteiger partial charge on any atom is 0.230 e. The highest BCUT2D eigenvalue weighted by molar-refractivity contribution is 8.00. The summed E-state index contributed by atoms with van der Waals surface area (Å²) in [6, 6.07) is 7.39. The van der Waals surface area contributed by atoms with Crippen LogP contribution in [0.4, 0.5) is 0 Å². The van der Waals surface area contributed by atoms with Crippen molar-refractivity contribution in [1.82, 2.24) is 5.32 Å². The summed E-state index contributed by atoms with van der Waals surface area (Å²) in [5.41, 5.74) is 0.868. The average Bonchev–Trinajstić information content (AvgIpc) is 2.95. The summed E-state index contributed by atoms with van der Waals surface area (Å²) in [4.78, 5) is 11.6. The van der Waals surface area contributed by atoms with Crippen molar-refractivity contribution < 1.29 is 4.79 Å². The van der Waals surface area contributed by atoms with Gasteiger partial charge in [-0.05, 0) is 31.0 Å². The summed E-state index contributed by atoms with van der Waals surface area (Å²) in [6.07, 6.45) is 5.13. The molecule has 4 heteroatoms. The number of nitrogens with one attached hydrogen (secondary N) is 1. The molecule has 2 nitrogen and oxygen atoms in total. The number of thioether (sulfide) groups is 1. The first kappa shape index (κ1) is 15.3. The summed E-state index contributed by atoms with van der Waals surface area (Å²) >= 11 is 7.64. The Labute approximate surface area is 129 Å². The first-order valence-corrected chi connectivity index (χ1v) is 8.29. The second kappa shape index (κ2) is 8.24. The van der Waals surface area contributed by atoms with Crippen molar-refractivity contribution in [3.63, 3.8) is 0 Å². The van der Waals surface area contributed by atoms with E-state index in [0.717, 1.165) is 5.56 Å². The van der Waals surface area contributed by atoms with Crippen LogP contribution < -0.4 is 5.32 Å². The predicted octanol–water partition coefficient (Wildman–Crippen LogP) is 3.48. The maximum absolute atomic E-state index is 11.6. The summed E-state index contributed by atoms with van der Waals surface area (Å²) in [5, 5.41) is 4.18. The third kappa shape index (κ3) is 5.48. The number of rotatable bonds is 4. The Morgan fingerprint density at radius 1 is 1.40 bits per heavy atom. The lowest BCUT2D eigenvalue weighted by Gasteiger charge is -2.07. The zero-order valence-electron chi connectivity index (χ0n) is 11.3. The molecule has 0 atom stereocenters. The van der Waals surface area contributed by atoms with Gasteiger partial charge in [0.15, 0.2) is 0 Å². The lowest BCUT2D eigenvalue weighted by atomic mass is 10.2. The van der Waals surface area contributed by atoms with Crippen LogP contribution in [0.15, 0.2) is 24.3 Å². The molecular weight excluding hydrogens is 290 g/mol. The van der Waals surface area contributed by atoms with Gasteiger partial charge in [-0.2, -0.15) is 0 Å². The largest absolute Gasteiger partial charge is 0.344 e. The number of hydrogen-bond acceptors (Lipinski definition) is 2. The summed E-state index contributed by atoms with van der Waals surface area (Å²) in [6.45, 7) is 0.385. The van der Waals surface area contributed by atoms with Crippen molar-refractivity contribution in [2.24, 2.45) is 0 Å². The topological polar surface area (TPSA) is 29.1 Å². The van der Waals surface area contributed by atoms with Gasteiger partial charge in [0.2, 0.25) is 5.91 Å². The van der Waals surface area contributed by atoms with Crippen molar-refractivity contribution in [1.29, 1.82) is 0 Å². The van der Waals surface area contributed by atoms with Gasteiger partial charge in [0.1, 0.15) is 0 Å². The number of hydrogen-bond donors (Lipinski definition) is 1. The monoisotopic (exact) mass is 307 g/mol. The first-order valence-electron chi connectivity index (χ1n) is 6.87. The van der Waals surface area contributed by atoms with Gasteiger partial charge in [-0.1, -0.05) is 42.3 Å². The Morgan fingerprint density at radius 2 is 2.20 bits per heavy atom. The van der Waals surface area contributed by atoms with Crippen LogP contribution in [0.2, 0.25) is 5.02 Å². The minimum Gasteiger partial charge on any atom is -0.344 e. The number of halogens is 1. The SMILES string of the molecule is O=C(CSC1CCCC1)NCC#Cc1cccc(Cl)c1. The van der Waals surface area contributed by atoms with E-state index in [1.807, 2.05) is 24.3 Å². The molecule has 1 aromatic carbocycles. The molecular formula is C16H18ClNOS. The standard InChI is InChI=1S/C16H18ClNOS/c17-14-7-3-5-13(11-14)6-4-10-18-16(19)12-20-15-8-1-2-9-15/h3,5,7,11,15H,1-2,8-10,12H2,(H,18,19). The van der Waals surface area contributed by atoms with Gasteiger partial charge in [-0.25, -0.2) is 0 Å². The van der Waals surface area contributed by atoms with Crippen LogP contribution in [-0.4, -0.2) is 23.5 Å². The molecule has 106 valence electrons. The maximum atomic E-state index is 11.6. The molecule has 1 aliphatic carbocycles. The molecule has 1 saturated carbocycles. The third-order valence-electron chi connectivity index (χ3n) is 3.18. The van der Waals surface area contributed by atoms with E-state index in [9.17, 15) is 4.79 Å². The fourth-order valence-corrected chi connectivity index (χ4v) is 3.50. The van der Waals surface area contributed by atoms with Crippen LogP contribution >= 0.6 is 23.4 Å². The van der Waals surface area contributed by atoms with Gasteiger partial charge < -0.3 is 5.32 Å². The van der Waals surface area contributed by atoms with E-state index < -0.39 is 0 Å². The zero-order chi connectivity index (χ0) is 14.2. The normalized spacial score (nSPS) is 14.7. The van der Waals surface area contributed by atoms with Crippen LogP contribution in [-0.2, 0) is 4.79 Å². The van der Waals surface area contributed by atoms with Crippen molar-refractivity contribution in [2.75, 3.05) is 12.3 Å². The fraction of sp³-hybridized carbons (Fsp3) is 0.438. The van der Waals surface area contributed by atoms with E-state index in [-0.39, 0.29) is 5.91 Å². The van der Waals surface area contributed by atoms with Gasteiger partial charge in [-0.3, -0.25) is 4.79 Å². The van der Waals surface area contributed by atoms with E-state index in [2.05, 4.69) is 17.2 Å². The molecule has 1 amide bonds. The fourth-order valence-electron chi connectivity index (χ4n) is 2.15. The molecule has 1 aromatic rings. The Morgan fingerprint density at radius 3 is 2.95 bits per heavy atom. The molecule has 0 unspecified atom stereocenters. The van der Waals surface area contributed by atoms with Crippen molar-refractivity contribution in [2.45, 2.75) is 30.9 Å². The number of carbonyl (C=O) groups is 1. The molecule has 0 radical (unpaired) electrons. The van der Waals surface area contributed by atoms with Crippen LogP contribution in [0, 0.1) is 11.8 Å². The molecule has 1 fully saturated rings. The number of carbonyl (C=O) groups excluding carboxylic acids is 1. The van der Waals surface area contributed by atoms with Gasteiger partial charge >= 0.3 is 0 Å². The highest BCUT2D eigenvalue weighted by atomic mass is 35.5. The Balaban J connectivity index is 1.66. The molecule has 20 heavy (non-hydrogen) atoms. The molecule has 0 bridgehead atoms. The van der Waals surface area contributed by atoms with Gasteiger partial charge in [-0.15, -0.1) is 11.8 Å². The zero-order valence-corrected chi connectivity index (χ0v) is 12.9. The van der Waals surface area contributed by atoms with Crippen LogP contribution in [0.25, 0.3) is 0 Å². The van der Waals surface area contributed by atoms with Crippen molar-refractivity contribution in [3.05, 3.63) is 34.9 Å². The second-order valence-electron chi connectivity index (χ2n) is 4.81. The third-order valence-corrected chi connectivity index (χ3v) is 4.79. The van der Waals surface area contributed by atoms with E-state index in [1.165, 1.54) is 25.7 Å². The summed E-state index contributed by atoms with van der Waals surface area (Å²) < 4.78 is 0. The molecule has 1 aliphatic rings. The molecule has 2 rings (SSSR count). The number of amides is 1. The lowest BCUT2D eigenvalue weighted by Crippen LogP contribution is -2.26. The summed E-state index contributed by atoms with van der Waals surface area (Å²) in [7, 11) is 0. The van der Waals surface area contributed by atoms with Crippen LogP contribution in [0.3, 0.4) is 0 Å². The van der Waals surface area contributed by atoms with Crippen LogP contribution in [0.5, 0.6) is 0 Å². The van der Waals surface area contributed by atoms with E-state index in [0.29, 0.717) is 22.6 Å². The predicted molar refractivity (Wildman–Crippen MR) is 86.1 cm³/mol. The van der Waals surface area contributed by atoms with E-state index in [1.54, 1.807) is 11.8 Å². The summed E-state index contributed by atoms with van der Waals surface area (Å²) in [5.74, 6) is 6.54. The van der Waals surface area contributed by atoms with Gasteiger partial charge in [0, 0.05) is 15.8 Å². The van der Waals surface area contributed by atoms with Crippen LogP contribution in [0.1, 0.15) is 31.2 Å². The lowest BCUT2D eigenvalue weighted by molar-refractivity contribution is -0.118. The van der Waals surface area contributed by atoms with E-state index in [4.69, 9.17) is 11.6 Å². The molecule has 0 aliphatic heterocycles. The molecule has 0 aromatic heterocycles. The van der Waals surface area contributed by atoms with E-state index >= 15 is 0 Å². The Hall–Kier alpha value is -1.11. The molecule has 0 spiro atoms. The molecule has 0 heterocycles. The minimum absolute atomic E-state index is 0.0716. The number of benzene rings is 1. The Bertz CT molecular complexity index is 515. The van der Waals surface area contributed by atoms with Gasteiger partial charge in [0.25, 0.3) is 0 Å². The molecule has 1 N–H and O–H groups in total. The quantitative estimate of drug-likeness (QED) is 0.863. The highest BCUT2D eigenvalue weighted by Crippen LogP contribution is 2.28. The van der Waals surface area contributed by atoms with Crippen molar-refractivity contribution in [3.8, 4) is 11.8 Å². The Kier molecular flexibility index (Phi) is 6.29.